The number of nitrogens with zero attached hydrogens (tertiary/aromatic N) is 1. The molecule has 1 aliphatic rings. The number of piperidine rings is 1. The predicted octanol–water partition coefficient (Wildman–Crippen LogP) is 0.212. The number of hydrogen-bond donors (Lipinski definition) is 2. The van der Waals surface area contributed by atoms with Gasteiger partial charge in [0.1, 0.15) is 5.60 Å². The van der Waals surface area contributed by atoms with Crippen LogP contribution in [0.1, 0.15) is 27.2 Å². The number of likely N-dealkylation sites (tertiary alicyclic amines) is 1. The fraction of sp³-hybridized carbons (Fsp3) is 1.00. The third-order valence-electron chi connectivity index (χ3n) is 2.66. The highest BCUT2D eigenvalue weighted by Crippen LogP contribution is 2.22. The summed E-state index contributed by atoms with van der Waals surface area (Å²) in [6.45, 7) is 7.37. The number of β-amino-alcohol motifs (C(OH)–C–C–N with tert-alkyl or cyclic N) is 1. The molecule has 0 radical (unpaired) electrons. The molecule has 1 rings (SSSR count). The summed E-state index contributed by atoms with van der Waals surface area (Å²) in [6, 6.07) is 0.448. The molecule has 1 heterocycles. The van der Waals surface area contributed by atoms with Gasteiger partial charge in [-0.1, -0.05) is 0 Å². The lowest BCUT2D eigenvalue weighted by atomic mass is 9.91. The van der Waals surface area contributed by atoms with Crippen molar-refractivity contribution in [2.45, 2.75) is 44.9 Å². The van der Waals surface area contributed by atoms with Crippen LogP contribution in [0.2, 0.25) is 0 Å². The Morgan fingerprint density at radius 3 is 2.50 bits per heavy atom. The Labute approximate surface area is 74.0 Å². The van der Waals surface area contributed by atoms with Crippen molar-refractivity contribution in [3.63, 3.8) is 0 Å². The summed E-state index contributed by atoms with van der Waals surface area (Å²) in [5, 5.41) is 19.2. The number of hydrogen-bond acceptors (Lipinski definition) is 3. The Bertz CT molecular complexity index is 157. The highest BCUT2D eigenvalue weighted by atomic mass is 16.3. The van der Waals surface area contributed by atoms with Gasteiger partial charge in [0.2, 0.25) is 0 Å². The van der Waals surface area contributed by atoms with Gasteiger partial charge < -0.3 is 10.2 Å². The van der Waals surface area contributed by atoms with Gasteiger partial charge in [0, 0.05) is 19.1 Å². The molecule has 0 aliphatic carbocycles. The van der Waals surface area contributed by atoms with Crippen LogP contribution < -0.4 is 0 Å². The lowest BCUT2D eigenvalue weighted by molar-refractivity contribution is -0.114. The molecule has 3 nitrogen and oxygen atoms in total. The van der Waals surface area contributed by atoms with Crippen molar-refractivity contribution in [1.82, 2.24) is 4.90 Å². The first-order valence-electron chi connectivity index (χ1n) is 4.58. The van der Waals surface area contributed by atoms with E-state index in [0.29, 0.717) is 19.0 Å². The third kappa shape index (κ3) is 1.97. The Hall–Kier alpha value is -0.120. The molecule has 1 fully saturated rings. The summed E-state index contributed by atoms with van der Waals surface area (Å²) in [5.41, 5.74) is -0.928. The molecular formula is C9H19NO2. The van der Waals surface area contributed by atoms with Crippen molar-refractivity contribution < 1.29 is 10.2 Å². The lowest BCUT2D eigenvalue weighted by Gasteiger charge is -2.42. The first-order chi connectivity index (χ1) is 5.43. The summed E-state index contributed by atoms with van der Waals surface area (Å²) in [5.74, 6) is 0. The molecule has 0 bridgehead atoms. The molecule has 2 N–H and O–H groups in total. The highest BCUT2D eigenvalue weighted by molar-refractivity contribution is 4.91. The summed E-state index contributed by atoms with van der Waals surface area (Å²) in [6.07, 6.45) is 0.109. The van der Waals surface area contributed by atoms with Crippen molar-refractivity contribution >= 4 is 0 Å². The van der Waals surface area contributed by atoms with Crippen LogP contribution in [0, 0.1) is 0 Å². The predicted molar refractivity (Wildman–Crippen MR) is 48.0 cm³/mol. The summed E-state index contributed by atoms with van der Waals surface area (Å²) in [4.78, 5) is 2.19. The maximum atomic E-state index is 9.77. The fourth-order valence-corrected chi connectivity index (χ4v) is 1.64. The van der Waals surface area contributed by atoms with Crippen LogP contribution >= 0.6 is 0 Å². The minimum Gasteiger partial charge on any atom is -0.390 e. The van der Waals surface area contributed by atoms with Crippen molar-refractivity contribution in [3.8, 4) is 0 Å². The smallest absolute Gasteiger partial charge is 0.100 e. The number of aliphatic hydroxyl groups excluding tert-OH is 1. The standard InChI is InChI=1S/C9H19NO2/c1-7(2)10-5-4-8(11)9(3,12)6-10/h7-8,11-12H,4-6H2,1-3H3/t8-,9-/m0/s1. The zero-order valence-corrected chi connectivity index (χ0v) is 8.12. The van der Waals surface area contributed by atoms with Gasteiger partial charge in [0.15, 0.2) is 0 Å². The molecule has 0 aromatic rings. The van der Waals surface area contributed by atoms with Crippen molar-refractivity contribution in [2.75, 3.05) is 13.1 Å². The topological polar surface area (TPSA) is 43.7 Å². The Balaban J connectivity index is 2.57. The van der Waals surface area contributed by atoms with Gasteiger partial charge in [-0.2, -0.15) is 0 Å². The van der Waals surface area contributed by atoms with E-state index in [1.807, 2.05) is 0 Å². The third-order valence-corrected chi connectivity index (χ3v) is 2.66. The van der Waals surface area contributed by atoms with E-state index in [1.54, 1.807) is 6.92 Å². The summed E-state index contributed by atoms with van der Waals surface area (Å²) >= 11 is 0. The van der Waals surface area contributed by atoms with Crippen LogP contribution in [-0.4, -0.2) is 45.9 Å². The molecule has 0 aromatic heterocycles. The molecule has 1 aliphatic heterocycles. The molecule has 0 spiro atoms. The van der Waals surface area contributed by atoms with Crippen LogP contribution in [0.5, 0.6) is 0 Å². The van der Waals surface area contributed by atoms with Gasteiger partial charge >= 0.3 is 0 Å². The minimum absolute atomic E-state index is 0.448. The molecule has 12 heavy (non-hydrogen) atoms. The number of aliphatic hydroxyl groups is 2. The van der Waals surface area contributed by atoms with Crippen molar-refractivity contribution in [1.29, 1.82) is 0 Å². The van der Waals surface area contributed by atoms with Crippen LogP contribution in [0.25, 0.3) is 0 Å². The first kappa shape index (κ1) is 9.96. The van der Waals surface area contributed by atoms with E-state index in [4.69, 9.17) is 0 Å². The monoisotopic (exact) mass is 173 g/mol. The van der Waals surface area contributed by atoms with Gasteiger partial charge in [0.05, 0.1) is 6.10 Å². The number of rotatable bonds is 1. The highest BCUT2D eigenvalue weighted by Gasteiger charge is 2.37. The second kappa shape index (κ2) is 3.32. The van der Waals surface area contributed by atoms with Gasteiger partial charge in [0.25, 0.3) is 0 Å². The first-order valence-corrected chi connectivity index (χ1v) is 4.58. The van der Waals surface area contributed by atoms with Crippen molar-refractivity contribution in [2.24, 2.45) is 0 Å². The zero-order chi connectivity index (χ0) is 9.35. The molecule has 0 aromatic carbocycles. The molecule has 3 heteroatoms. The zero-order valence-electron chi connectivity index (χ0n) is 8.12. The second-order valence-corrected chi connectivity index (χ2v) is 4.23. The molecule has 0 saturated carbocycles. The van der Waals surface area contributed by atoms with Crippen LogP contribution in [0.3, 0.4) is 0 Å². The molecular weight excluding hydrogens is 154 g/mol. The average molecular weight is 173 g/mol. The van der Waals surface area contributed by atoms with Crippen LogP contribution in [0.15, 0.2) is 0 Å². The quantitative estimate of drug-likeness (QED) is 0.596. The Morgan fingerprint density at radius 1 is 1.50 bits per heavy atom. The largest absolute Gasteiger partial charge is 0.390 e. The molecule has 72 valence electrons. The van der Waals surface area contributed by atoms with E-state index >= 15 is 0 Å². The van der Waals surface area contributed by atoms with Gasteiger partial charge in [-0.3, -0.25) is 4.90 Å². The summed E-state index contributed by atoms with van der Waals surface area (Å²) < 4.78 is 0. The van der Waals surface area contributed by atoms with Crippen molar-refractivity contribution in [3.05, 3.63) is 0 Å². The fourth-order valence-electron chi connectivity index (χ4n) is 1.64. The van der Waals surface area contributed by atoms with E-state index in [2.05, 4.69) is 18.7 Å². The lowest BCUT2D eigenvalue weighted by Crippen LogP contribution is -2.56. The van der Waals surface area contributed by atoms with Gasteiger partial charge in [-0.05, 0) is 27.2 Å². The van der Waals surface area contributed by atoms with Gasteiger partial charge in [-0.25, -0.2) is 0 Å². The van der Waals surface area contributed by atoms with E-state index in [9.17, 15) is 10.2 Å². The molecule has 2 atom stereocenters. The van der Waals surface area contributed by atoms with E-state index in [0.717, 1.165) is 6.54 Å². The Kier molecular flexibility index (Phi) is 2.76. The normalized spacial score (nSPS) is 39.0. The van der Waals surface area contributed by atoms with Crippen LogP contribution in [-0.2, 0) is 0 Å². The van der Waals surface area contributed by atoms with E-state index < -0.39 is 11.7 Å². The van der Waals surface area contributed by atoms with Crippen LogP contribution in [0.4, 0.5) is 0 Å². The molecule has 0 unspecified atom stereocenters. The second-order valence-electron chi connectivity index (χ2n) is 4.23. The maximum absolute atomic E-state index is 9.77. The van der Waals surface area contributed by atoms with E-state index in [1.165, 1.54) is 0 Å². The van der Waals surface area contributed by atoms with Gasteiger partial charge in [-0.15, -0.1) is 0 Å². The molecule has 1 saturated heterocycles. The molecule has 0 amide bonds. The SMILES string of the molecule is CC(C)N1CC[C@H](O)[C@@](C)(O)C1. The Morgan fingerprint density at radius 2 is 2.08 bits per heavy atom. The maximum Gasteiger partial charge on any atom is 0.100 e. The average Bonchev–Trinajstić information content (AvgIpc) is 1.94. The van der Waals surface area contributed by atoms with E-state index in [-0.39, 0.29) is 0 Å². The summed E-state index contributed by atoms with van der Waals surface area (Å²) in [7, 11) is 0. The minimum atomic E-state index is -0.928.